The van der Waals surface area contributed by atoms with Crippen LogP contribution < -0.4 is 24.8 Å². The van der Waals surface area contributed by atoms with Crippen molar-refractivity contribution in [2.45, 2.75) is 13.0 Å². The number of nitrogens with one attached hydrogen (secondary N) is 2. The summed E-state index contributed by atoms with van der Waals surface area (Å²) in [5.41, 5.74) is 1.92. The van der Waals surface area contributed by atoms with Gasteiger partial charge in [-0.05, 0) is 48.9 Å². The Hall–Kier alpha value is -4.00. The summed E-state index contributed by atoms with van der Waals surface area (Å²) in [7, 11) is 0. The Bertz CT molecular complexity index is 1100. The molecule has 0 aliphatic carbocycles. The first-order chi connectivity index (χ1) is 15.6. The highest BCUT2D eigenvalue weighted by atomic mass is 16.6. The van der Waals surface area contributed by atoms with E-state index >= 15 is 0 Å². The van der Waals surface area contributed by atoms with Crippen molar-refractivity contribution in [2.24, 2.45) is 0 Å². The fourth-order valence-corrected chi connectivity index (χ4v) is 3.34. The average Bonchev–Trinajstić information content (AvgIpc) is 2.83. The van der Waals surface area contributed by atoms with Gasteiger partial charge in [-0.1, -0.05) is 36.4 Å². The van der Waals surface area contributed by atoms with Crippen molar-refractivity contribution in [3.63, 3.8) is 0 Å². The van der Waals surface area contributed by atoms with E-state index in [-0.39, 0.29) is 24.5 Å². The van der Waals surface area contributed by atoms with E-state index in [1.807, 2.05) is 43.3 Å². The molecule has 1 aliphatic heterocycles. The number of para-hydroxylation sites is 2. The molecule has 3 aromatic rings. The molecule has 4 rings (SSSR count). The first-order valence-corrected chi connectivity index (χ1v) is 10.4. The quantitative estimate of drug-likeness (QED) is 0.590. The Kier molecular flexibility index (Phi) is 6.55. The summed E-state index contributed by atoms with van der Waals surface area (Å²) in [6, 6.07) is 21.3. The minimum atomic E-state index is -0.308. The molecule has 1 heterocycles. The summed E-state index contributed by atoms with van der Waals surface area (Å²) in [5, 5.41) is 5.72. The molecule has 0 spiro atoms. The highest BCUT2D eigenvalue weighted by molar-refractivity contribution is 6.06. The van der Waals surface area contributed by atoms with Gasteiger partial charge in [0, 0.05) is 5.69 Å². The Morgan fingerprint density at radius 2 is 1.66 bits per heavy atom. The molecular formula is C25H24N2O5. The summed E-state index contributed by atoms with van der Waals surface area (Å²) in [6.07, 6.45) is 0. The number of ether oxygens (including phenoxy) is 3. The van der Waals surface area contributed by atoms with Crippen LogP contribution in [0.5, 0.6) is 17.2 Å². The monoisotopic (exact) mass is 432 g/mol. The largest absolute Gasteiger partial charge is 0.486 e. The lowest BCUT2D eigenvalue weighted by molar-refractivity contribution is -0.123. The molecule has 2 amide bonds. The van der Waals surface area contributed by atoms with Gasteiger partial charge in [0.05, 0.1) is 11.6 Å². The molecule has 1 aliphatic rings. The van der Waals surface area contributed by atoms with Crippen LogP contribution in [-0.4, -0.2) is 31.6 Å². The van der Waals surface area contributed by atoms with Gasteiger partial charge in [0.1, 0.15) is 19.0 Å². The Morgan fingerprint density at radius 1 is 0.938 bits per heavy atom. The normalized spacial score (nSPS) is 13.0. The fraction of sp³-hybridized carbons (Fsp3) is 0.200. The van der Waals surface area contributed by atoms with Crippen LogP contribution in [0.25, 0.3) is 0 Å². The van der Waals surface area contributed by atoms with Crippen molar-refractivity contribution >= 4 is 17.5 Å². The van der Waals surface area contributed by atoms with E-state index in [2.05, 4.69) is 10.6 Å². The molecule has 1 atom stereocenters. The number of benzene rings is 3. The maximum absolute atomic E-state index is 12.6. The predicted molar refractivity (Wildman–Crippen MR) is 120 cm³/mol. The Morgan fingerprint density at radius 3 is 2.47 bits per heavy atom. The topological polar surface area (TPSA) is 85.9 Å². The summed E-state index contributed by atoms with van der Waals surface area (Å²) in [4.78, 5) is 25.1. The molecule has 3 aromatic carbocycles. The number of anilines is 1. The second-order valence-electron chi connectivity index (χ2n) is 7.30. The SMILES string of the molecule is C[C@H](NC(=O)COc1ccccc1C(=O)Nc1ccccc1)c1ccc2c(c1)OCCO2. The Balaban J connectivity index is 1.35. The van der Waals surface area contributed by atoms with Crippen LogP contribution in [0.1, 0.15) is 28.9 Å². The first-order valence-electron chi connectivity index (χ1n) is 10.4. The van der Waals surface area contributed by atoms with E-state index in [9.17, 15) is 9.59 Å². The second-order valence-corrected chi connectivity index (χ2v) is 7.30. The van der Waals surface area contributed by atoms with E-state index in [0.29, 0.717) is 41.7 Å². The summed E-state index contributed by atoms with van der Waals surface area (Å²) >= 11 is 0. The lowest BCUT2D eigenvalue weighted by Crippen LogP contribution is -2.31. The maximum atomic E-state index is 12.6. The minimum Gasteiger partial charge on any atom is -0.486 e. The van der Waals surface area contributed by atoms with Crippen molar-refractivity contribution in [2.75, 3.05) is 25.1 Å². The smallest absolute Gasteiger partial charge is 0.259 e. The van der Waals surface area contributed by atoms with E-state index in [1.54, 1.807) is 36.4 Å². The summed E-state index contributed by atoms with van der Waals surface area (Å²) < 4.78 is 16.8. The van der Waals surface area contributed by atoms with Crippen molar-refractivity contribution < 1.29 is 23.8 Å². The summed E-state index contributed by atoms with van der Waals surface area (Å²) in [5.74, 6) is 1.10. The fourth-order valence-electron chi connectivity index (χ4n) is 3.34. The number of fused-ring (bicyclic) bond motifs is 1. The highest BCUT2D eigenvalue weighted by Crippen LogP contribution is 2.32. The standard InChI is InChI=1S/C25H24N2O5/c1-17(18-11-12-22-23(15-18)31-14-13-30-22)26-24(28)16-32-21-10-6-5-9-20(21)25(29)27-19-7-3-2-4-8-19/h2-12,15,17H,13-14,16H2,1H3,(H,26,28)(H,27,29)/t17-/m0/s1. The number of carbonyl (C=O) groups is 2. The van der Waals surface area contributed by atoms with Crippen LogP contribution in [0.3, 0.4) is 0 Å². The minimum absolute atomic E-state index is 0.218. The van der Waals surface area contributed by atoms with Gasteiger partial charge in [0.25, 0.3) is 11.8 Å². The van der Waals surface area contributed by atoms with Gasteiger partial charge in [0.2, 0.25) is 0 Å². The molecule has 0 saturated carbocycles. The van der Waals surface area contributed by atoms with E-state index in [4.69, 9.17) is 14.2 Å². The highest BCUT2D eigenvalue weighted by Gasteiger charge is 2.17. The zero-order valence-electron chi connectivity index (χ0n) is 17.7. The lowest BCUT2D eigenvalue weighted by atomic mass is 10.1. The van der Waals surface area contributed by atoms with E-state index in [0.717, 1.165) is 5.56 Å². The summed E-state index contributed by atoms with van der Waals surface area (Å²) in [6.45, 7) is 2.69. The number of hydrogen-bond acceptors (Lipinski definition) is 5. The van der Waals surface area contributed by atoms with Gasteiger partial charge in [-0.25, -0.2) is 0 Å². The molecule has 164 valence electrons. The van der Waals surface area contributed by atoms with E-state index in [1.165, 1.54) is 0 Å². The third-order valence-electron chi connectivity index (χ3n) is 4.97. The number of hydrogen-bond donors (Lipinski definition) is 2. The number of rotatable bonds is 7. The number of amides is 2. The average molecular weight is 432 g/mol. The molecule has 7 nitrogen and oxygen atoms in total. The van der Waals surface area contributed by atoms with Gasteiger partial charge in [-0.2, -0.15) is 0 Å². The van der Waals surface area contributed by atoms with Crippen LogP contribution in [0, 0.1) is 0 Å². The van der Waals surface area contributed by atoms with E-state index < -0.39 is 0 Å². The van der Waals surface area contributed by atoms with Gasteiger partial charge in [-0.15, -0.1) is 0 Å². The van der Waals surface area contributed by atoms with Crippen molar-refractivity contribution in [1.82, 2.24) is 5.32 Å². The molecule has 7 heteroatoms. The zero-order chi connectivity index (χ0) is 22.3. The second kappa shape index (κ2) is 9.87. The third-order valence-corrected chi connectivity index (χ3v) is 4.97. The maximum Gasteiger partial charge on any atom is 0.259 e. The Labute approximate surface area is 186 Å². The molecule has 0 fully saturated rings. The van der Waals surface area contributed by atoms with Crippen molar-refractivity contribution in [1.29, 1.82) is 0 Å². The molecule has 0 bridgehead atoms. The lowest BCUT2D eigenvalue weighted by Gasteiger charge is -2.21. The molecule has 0 unspecified atom stereocenters. The molecule has 32 heavy (non-hydrogen) atoms. The van der Waals surface area contributed by atoms with Gasteiger partial charge in [-0.3, -0.25) is 9.59 Å². The molecular weight excluding hydrogens is 408 g/mol. The van der Waals surface area contributed by atoms with Gasteiger partial charge >= 0.3 is 0 Å². The third kappa shape index (κ3) is 5.18. The van der Waals surface area contributed by atoms with Gasteiger partial charge < -0.3 is 24.8 Å². The van der Waals surface area contributed by atoms with Crippen LogP contribution in [0.15, 0.2) is 72.8 Å². The number of carbonyl (C=O) groups excluding carboxylic acids is 2. The van der Waals surface area contributed by atoms with Crippen molar-refractivity contribution in [3.8, 4) is 17.2 Å². The molecule has 2 N–H and O–H groups in total. The van der Waals surface area contributed by atoms with Gasteiger partial charge in [0.15, 0.2) is 18.1 Å². The van der Waals surface area contributed by atoms with Crippen molar-refractivity contribution in [3.05, 3.63) is 83.9 Å². The molecule has 0 aromatic heterocycles. The zero-order valence-corrected chi connectivity index (χ0v) is 17.7. The predicted octanol–water partition coefficient (Wildman–Crippen LogP) is 3.97. The molecule has 0 radical (unpaired) electrons. The first kappa shape index (κ1) is 21.2. The molecule has 0 saturated heterocycles. The van der Waals surface area contributed by atoms with Crippen LogP contribution in [-0.2, 0) is 4.79 Å². The van der Waals surface area contributed by atoms with Crippen LogP contribution in [0.2, 0.25) is 0 Å². The van der Waals surface area contributed by atoms with Crippen LogP contribution >= 0.6 is 0 Å². The van der Waals surface area contributed by atoms with Crippen LogP contribution in [0.4, 0.5) is 5.69 Å².